The largest absolute Gasteiger partial charge is 0.472 e. The van der Waals surface area contributed by atoms with E-state index in [0.717, 1.165) is 49.2 Å². The van der Waals surface area contributed by atoms with Gasteiger partial charge in [0.15, 0.2) is 0 Å². The maximum Gasteiger partial charge on any atom is 0.225 e. The van der Waals surface area contributed by atoms with Crippen molar-refractivity contribution in [1.29, 1.82) is 5.26 Å². The van der Waals surface area contributed by atoms with Crippen LogP contribution in [0, 0.1) is 17.2 Å². The lowest BCUT2D eigenvalue weighted by Gasteiger charge is -2.31. The van der Waals surface area contributed by atoms with Crippen LogP contribution in [-0.2, 0) is 22.5 Å². The molecule has 5 heterocycles. The number of amides is 1. The van der Waals surface area contributed by atoms with Gasteiger partial charge in [0.05, 0.1) is 41.8 Å². The predicted molar refractivity (Wildman–Crippen MR) is 119 cm³/mol. The van der Waals surface area contributed by atoms with E-state index in [0.29, 0.717) is 44.3 Å². The minimum Gasteiger partial charge on any atom is -0.472 e. The van der Waals surface area contributed by atoms with Crippen molar-refractivity contribution >= 4 is 17.4 Å². The van der Waals surface area contributed by atoms with Crippen molar-refractivity contribution in [2.75, 3.05) is 43.5 Å². The normalized spacial score (nSPS) is 20.9. The number of aromatic nitrogens is 3. The lowest BCUT2D eigenvalue weighted by molar-refractivity contribution is -0.137. The minimum absolute atomic E-state index is 0.0599. The van der Waals surface area contributed by atoms with Gasteiger partial charge >= 0.3 is 0 Å². The highest BCUT2D eigenvalue weighted by Gasteiger charge is 2.33. The molecule has 0 radical (unpaired) electrons. The Morgan fingerprint density at radius 3 is 2.88 bits per heavy atom. The Labute approximate surface area is 192 Å². The average Bonchev–Trinajstić information content (AvgIpc) is 3.33. The van der Waals surface area contributed by atoms with Crippen LogP contribution in [0.4, 0.5) is 11.5 Å². The number of hydrogen-bond acceptors (Lipinski definition) is 9. The Hall–Kier alpha value is -3.45. The van der Waals surface area contributed by atoms with Gasteiger partial charge in [0.1, 0.15) is 24.3 Å². The lowest BCUT2D eigenvalue weighted by atomic mass is 9.99. The Morgan fingerprint density at radius 1 is 1.21 bits per heavy atom. The summed E-state index contributed by atoms with van der Waals surface area (Å²) in [7, 11) is 0. The first-order chi connectivity index (χ1) is 16.1. The molecule has 0 spiro atoms. The number of rotatable bonds is 4. The van der Waals surface area contributed by atoms with Crippen molar-refractivity contribution in [3.8, 4) is 11.9 Å². The van der Waals surface area contributed by atoms with E-state index in [4.69, 9.17) is 15.2 Å². The highest BCUT2D eigenvalue weighted by Crippen LogP contribution is 2.31. The molecule has 5 rings (SSSR count). The van der Waals surface area contributed by atoms with Crippen LogP contribution in [0.1, 0.15) is 36.1 Å². The number of carbonyl (C=O) groups excluding carboxylic acids is 1. The molecule has 1 unspecified atom stereocenters. The Bertz CT molecular complexity index is 1080. The molecule has 10 heteroatoms. The van der Waals surface area contributed by atoms with Crippen molar-refractivity contribution in [2.45, 2.75) is 38.3 Å². The van der Waals surface area contributed by atoms with Crippen LogP contribution < -0.4 is 15.4 Å². The molecule has 2 N–H and O–H groups in total. The molecule has 1 amide bonds. The molecule has 3 aliphatic heterocycles. The van der Waals surface area contributed by atoms with Crippen molar-refractivity contribution in [3.63, 3.8) is 0 Å². The van der Waals surface area contributed by atoms with Crippen LogP contribution in [0.5, 0.6) is 5.88 Å². The fourth-order valence-corrected chi connectivity index (χ4v) is 4.75. The Morgan fingerprint density at radius 2 is 2.06 bits per heavy atom. The second-order valence-corrected chi connectivity index (χ2v) is 8.71. The summed E-state index contributed by atoms with van der Waals surface area (Å²) in [4.78, 5) is 29.9. The summed E-state index contributed by atoms with van der Waals surface area (Å²) in [5.41, 5.74) is 8.87. The molecule has 33 heavy (non-hydrogen) atoms. The fraction of sp³-hybridized carbons (Fsp3) is 0.522. The van der Waals surface area contributed by atoms with Gasteiger partial charge in [-0.25, -0.2) is 15.0 Å². The maximum absolute atomic E-state index is 12.9. The maximum atomic E-state index is 12.9. The zero-order chi connectivity index (χ0) is 22.8. The highest BCUT2D eigenvalue weighted by atomic mass is 16.5. The molecule has 0 aromatic carbocycles. The van der Waals surface area contributed by atoms with E-state index in [1.54, 1.807) is 18.6 Å². The van der Waals surface area contributed by atoms with E-state index in [9.17, 15) is 10.1 Å². The summed E-state index contributed by atoms with van der Waals surface area (Å²) in [5, 5.41) is 9.28. The van der Waals surface area contributed by atoms with E-state index < -0.39 is 0 Å². The Balaban J connectivity index is 1.28. The van der Waals surface area contributed by atoms with Crippen LogP contribution in [0.15, 0.2) is 18.6 Å². The summed E-state index contributed by atoms with van der Waals surface area (Å²) in [5.74, 6) is 1.07. The smallest absolute Gasteiger partial charge is 0.225 e. The molecule has 3 aliphatic rings. The second kappa shape index (κ2) is 9.19. The van der Waals surface area contributed by atoms with Gasteiger partial charge in [-0.15, -0.1) is 0 Å². The van der Waals surface area contributed by atoms with Crippen molar-refractivity contribution < 1.29 is 14.3 Å². The number of pyridine rings is 1. The standard InChI is InChI=1S/C23H27N7O3/c24-10-16-9-17(11-26-21(16)25)29-6-2-20-19(13-29)22(28-14-27-20)33-18-1-5-30(12-18)23(31)15-3-7-32-8-4-15/h9,11,14-15,18H,1-8,12-13H2,(H2,25,26). The minimum atomic E-state index is -0.0912. The SMILES string of the molecule is N#Cc1cc(N2CCc3ncnc(OC4CCN(C(=O)C5CCOCC5)C4)c3C2)cnc1N. The van der Waals surface area contributed by atoms with Gasteiger partial charge in [0, 0.05) is 45.1 Å². The molecule has 0 bridgehead atoms. The number of carbonyl (C=O) groups is 1. The number of anilines is 2. The van der Waals surface area contributed by atoms with E-state index in [1.165, 1.54) is 0 Å². The molecule has 2 aromatic heterocycles. The van der Waals surface area contributed by atoms with Gasteiger partial charge in [0.25, 0.3) is 0 Å². The number of nitriles is 1. The molecular formula is C23H27N7O3. The number of nitrogens with zero attached hydrogens (tertiary/aromatic N) is 6. The van der Waals surface area contributed by atoms with Crippen molar-refractivity contribution in [2.24, 2.45) is 5.92 Å². The third kappa shape index (κ3) is 4.41. The van der Waals surface area contributed by atoms with Gasteiger partial charge in [-0.2, -0.15) is 5.26 Å². The quantitative estimate of drug-likeness (QED) is 0.733. The molecule has 2 aromatic rings. The first-order valence-electron chi connectivity index (χ1n) is 11.4. The molecule has 0 aliphatic carbocycles. The zero-order valence-corrected chi connectivity index (χ0v) is 18.4. The second-order valence-electron chi connectivity index (χ2n) is 8.71. The average molecular weight is 450 g/mol. The molecule has 2 saturated heterocycles. The van der Waals surface area contributed by atoms with E-state index in [1.807, 2.05) is 4.90 Å². The summed E-state index contributed by atoms with van der Waals surface area (Å²) in [6.45, 7) is 3.90. The summed E-state index contributed by atoms with van der Waals surface area (Å²) < 4.78 is 11.7. The van der Waals surface area contributed by atoms with Crippen LogP contribution in [0.3, 0.4) is 0 Å². The fourth-order valence-electron chi connectivity index (χ4n) is 4.75. The van der Waals surface area contributed by atoms with Gasteiger partial charge in [-0.1, -0.05) is 0 Å². The zero-order valence-electron chi connectivity index (χ0n) is 18.4. The molecule has 172 valence electrons. The number of hydrogen-bond donors (Lipinski definition) is 1. The third-order valence-corrected chi connectivity index (χ3v) is 6.66. The van der Waals surface area contributed by atoms with Gasteiger partial charge in [-0.3, -0.25) is 4.79 Å². The Kier molecular flexibility index (Phi) is 5.96. The van der Waals surface area contributed by atoms with E-state index in [-0.39, 0.29) is 23.7 Å². The van der Waals surface area contributed by atoms with Crippen LogP contribution >= 0.6 is 0 Å². The van der Waals surface area contributed by atoms with Crippen molar-refractivity contribution in [1.82, 2.24) is 19.9 Å². The summed E-state index contributed by atoms with van der Waals surface area (Å²) in [6, 6.07) is 3.85. The lowest BCUT2D eigenvalue weighted by Crippen LogP contribution is -2.38. The number of likely N-dealkylation sites (tertiary alicyclic amines) is 1. The number of nitrogen functional groups attached to an aromatic ring is 1. The van der Waals surface area contributed by atoms with Crippen LogP contribution in [0.2, 0.25) is 0 Å². The predicted octanol–water partition coefficient (Wildman–Crippen LogP) is 1.29. The van der Waals surface area contributed by atoms with E-state index in [2.05, 4.69) is 25.9 Å². The molecule has 2 fully saturated rings. The third-order valence-electron chi connectivity index (χ3n) is 6.66. The molecule has 10 nitrogen and oxygen atoms in total. The highest BCUT2D eigenvalue weighted by molar-refractivity contribution is 5.79. The van der Waals surface area contributed by atoms with E-state index >= 15 is 0 Å². The summed E-state index contributed by atoms with van der Waals surface area (Å²) >= 11 is 0. The number of fused-ring (bicyclic) bond motifs is 1. The van der Waals surface area contributed by atoms with Crippen LogP contribution in [-0.4, -0.2) is 64.7 Å². The van der Waals surface area contributed by atoms with Gasteiger partial charge in [0.2, 0.25) is 11.8 Å². The molecule has 1 atom stereocenters. The summed E-state index contributed by atoms with van der Waals surface area (Å²) in [6.07, 6.45) is 6.24. The molecule has 0 saturated carbocycles. The van der Waals surface area contributed by atoms with Gasteiger partial charge in [-0.05, 0) is 18.9 Å². The molecular weight excluding hydrogens is 422 g/mol. The number of nitrogens with two attached hydrogens (primary N) is 1. The first kappa shape index (κ1) is 21.4. The topological polar surface area (TPSA) is 130 Å². The van der Waals surface area contributed by atoms with Crippen molar-refractivity contribution in [3.05, 3.63) is 35.4 Å². The first-order valence-corrected chi connectivity index (χ1v) is 11.4. The number of ether oxygens (including phenoxy) is 2. The van der Waals surface area contributed by atoms with Gasteiger partial charge < -0.3 is 25.0 Å². The van der Waals surface area contributed by atoms with Crippen LogP contribution in [0.25, 0.3) is 0 Å². The monoisotopic (exact) mass is 449 g/mol.